The number of alkyl halides is 3. The SMILES string of the molecule is [C-]#[N+]c1ccc(N2C(=O)C(C)(C)N(c3ccc(C(=O)NCCC(=O)N[C@H](C(=O)N4C[C@H](O)C[C@H]4C(=O)NCc4ccc(-c5scnc5C)cc4)C(C)(C)C)c(F)c3)C2=S)cc1C(F)(F)F. The molecule has 4 N–H and O–H groups in total. The molecule has 0 bridgehead atoms. The van der Waals surface area contributed by atoms with Crippen molar-refractivity contribution in [1.82, 2.24) is 25.8 Å². The molecule has 3 heterocycles. The van der Waals surface area contributed by atoms with Crippen LogP contribution in [0.1, 0.15) is 74.6 Å². The van der Waals surface area contributed by atoms with E-state index in [9.17, 15) is 42.3 Å². The van der Waals surface area contributed by atoms with Gasteiger partial charge in [-0.05, 0) is 79.9 Å². The molecule has 342 valence electrons. The number of rotatable bonds is 12. The number of aliphatic hydroxyl groups is 1. The van der Waals surface area contributed by atoms with Crippen LogP contribution >= 0.6 is 23.6 Å². The third kappa shape index (κ3) is 10.2. The van der Waals surface area contributed by atoms with E-state index in [1.807, 2.05) is 31.2 Å². The van der Waals surface area contributed by atoms with E-state index in [0.717, 1.165) is 50.9 Å². The minimum Gasteiger partial charge on any atom is -0.391 e. The second kappa shape index (κ2) is 18.7. The molecule has 5 amide bonds. The van der Waals surface area contributed by atoms with Crippen molar-refractivity contribution in [3.8, 4) is 10.4 Å². The number of aryl methyl sites for hydroxylation is 1. The Balaban J connectivity index is 1.06. The number of carbonyl (C=O) groups is 5. The fraction of sp³-hybridized carbons (Fsp3) is 0.378. The number of β-amino-alcohol motifs (C(OH)–C–C–N with tert-alkyl or cyclic N) is 1. The number of anilines is 2. The summed E-state index contributed by atoms with van der Waals surface area (Å²) >= 11 is 7.05. The largest absolute Gasteiger partial charge is 0.407 e. The Morgan fingerprint density at radius 2 is 1.71 bits per heavy atom. The number of thiocarbonyl (C=S) groups is 1. The molecule has 0 unspecified atom stereocenters. The van der Waals surface area contributed by atoms with Crippen molar-refractivity contribution in [1.29, 1.82) is 0 Å². The number of nitrogens with zero attached hydrogens (tertiary/aromatic N) is 5. The van der Waals surface area contributed by atoms with Gasteiger partial charge >= 0.3 is 6.18 Å². The molecule has 0 radical (unpaired) electrons. The van der Waals surface area contributed by atoms with Crippen LogP contribution in [0.3, 0.4) is 0 Å². The zero-order chi connectivity index (χ0) is 47.8. The lowest BCUT2D eigenvalue weighted by atomic mass is 9.85. The molecule has 65 heavy (non-hydrogen) atoms. The molecule has 0 saturated carbocycles. The molecular formula is C45H46F4N8O6S2. The highest BCUT2D eigenvalue weighted by Crippen LogP contribution is 2.42. The van der Waals surface area contributed by atoms with Gasteiger partial charge in [0.25, 0.3) is 11.8 Å². The summed E-state index contributed by atoms with van der Waals surface area (Å²) in [5.41, 5.74) is -0.411. The molecule has 20 heteroatoms. The van der Waals surface area contributed by atoms with Crippen LogP contribution in [0.4, 0.5) is 34.6 Å². The normalized spacial score (nSPS) is 17.8. The second-order valence-corrected chi connectivity index (χ2v) is 18.5. The van der Waals surface area contributed by atoms with Crippen molar-refractivity contribution >= 4 is 75.3 Å². The number of aromatic nitrogens is 1. The Morgan fingerprint density at radius 1 is 1.03 bits per heavy atom. The predicted molar refractivity (Wildman–Crippen MR) is 239 cm³/mol. The first-order valence-electron chi connectivity index (χ1n) is 20.3. The number of benzene rings is 3. The molecule has 6 rings (SSSR count). The Morgan fingerprint density at radius 3 is 2.31 bits per heavy atom. The van der Waals surface area contributed by atoms with E-state index in [4.69, 9.17) is 18.8 Å². The molecule has 2 saturated heterocycles. The summed E-state index contributed by atoms with van der Waals surface area (Å²) in [6, 6.07) is 11.6. The highest BCUT2D eigenvalue weighted by Gasteiger charge is 2.51. The number of halogens is 4. The molecule has 0 aliphatic carbocycles. The summed E-state index contributed by atoms with van der Waals surface area (Å²) in [6.07, 6.45) is -6.19. The van der Waals surface area contributed by atoms with Crippen molar-refractivity contribution < 1.29 is 46.6 Å². The molecule has 0 spiro atoms. The standard InChI is InChI=1S/C45H46F4N8O6S2/c1-24-36(65-23-53-24)26-10-8-25(9-11-26)21-52-39(61)34-20-29(58)22-55(34)40(62)37(43(2,3)4)54-35(59)16-17-51-38(60)30-14-12-28(19-32(30)46)57-42(64)56(41(63)44(57,5)6)27-13-15-33(50-7)31(18-27)45(47,48)49/h8-15,18-19,23,29,34,37,58H,16-17,20-22H2,1-6H3,(H,51,60)(H,52,61)(H,54,59)/t29-,34+,37-/m1/s1. The van der Waals surface area contributed by atoms with Crippen LogP contribution < -0.4 is 25.8 Å². The number of carbonyl (C=O) groups excluding carboxylic acids is 5. The Hall–Kier alpha value is -6.30. The molecule has 3 aromatic carbocycles. The van der Waals surface area contributed by atoms with Crippen LogP contribution in [0.25, 0.3) is 15.3 Å². The van der Waals surface area contributed by atoms with Gasteiger partial charge in [0.2, 0.25) is 17.7 Å². The van der Waals surface area contributed by atoms with Crippen molar-refractivity contribution in [2.24, 2.45) is 5.41 Å². The number of amides is 5. The maximum atomic E-state index is 15.6. The lowest BCUT2D eigenvalue weighted by Crippen LogP contribution is -2.57. The minimum absolute atomic E-state index is 0.000108. The maximum Gasteiger partial charge on any atom is 0.407 e. The monoisotopic (exact) mass is 934 g/mol. The molecule has 1 aromatic heterocycles. The van der Waals surface area contributed by atoms with Gasteiger partial charge < -0.3 is 30.9 Å². The first-order valence-corrected chi connectivity index (χ1v) is 21.6. The van der Waals surface area contributed by atoms with Crippen molar-refractivity contribution in [2.75, 3.05) is 22.9 Å². The molecule has 2 aliphatic heterocycles. The van der Waals surface area contributed by atoms with Crippen LogP contribution in [0.15, 0.2) is 66.2 Å². The van der Waals surface area contributed by atoms with Gasteiger partial charge in [0.15, 0.2) is 10.8 Å². The van der Waals surface area contributed by atoms with E-state index >= 15 is 4.39 Å². The predicted octanol–water partition coefficient (Wildman–Crippen LogP) is 6.67. The van der Waals surface area contributed by atoms with Crippen LogP contribution in [-0.2, 0) is 31.9 Å². The highest BCUT2D eigenvalue weighted by atomic mass is 32.1. The first-order chi connectivity index (χ1) is 30.4. The molecule has 2 aliphatic rings. The molecular weight excluding hydrogens is 889 g/mol. The zero-order valence-corrected chi connectivity index (χ0v) is 37.8. The van der Waals surface area contributed by atoms with Crippen LogP contribution in [0.2, 0.25) is 0 Å². The summed E-state index contributed by atoms with van der Waals surface area (Å²) < 4.78 is 56.9. The molecule has 14 nitrogen and oxygen atoms in total. The van der Waals surface area contributed by atoms with Gasteiger partial charge in [-0.25, -0.2) is 14.2 Å². The van der Waals surface area contributed by atoms with Gasteiger partial charge in [0, 0.05) is 43.9 Å². The van der Waals surface area contributed by atoms with E-state index in [-0.39, 0.29) is 49.0 Å². The fourth-order valence-electron chi connectivity index (χ4n) is 7.67. The smallest absolute Gasteiger partial charge is 0.391 e. The maximum absolute atomic E-state index is 15.6. The van der Waals surface area contributed by atoms with E-state index in [1.165, 1.54) is 41.1 Å². The van der Waals surface area contributed by atoms with Crippen molar-refractivity contribution in [3.05, 3.63) is 106 Å². The van der Waals surface area contributed by atoms with Gasteiger partial charge in [0.1, 0.15) is 23.4 Å². The van der Waals surface area contributed by atoms with E-state index in [2.05, 4.69) is 25.8 Å². The number of likely N-dealkylation sites (tertiary alicyclic amines) is 1. The van der Waals surface area contributed by atoms with Crippen LogP contribution in [0, 0.1) is 24.7 Å². The quantitative estimate of drug-likeness (QED) is 0.0689. The van der Waals surface area contributed by atoms with Gasteiger partial charge in [-0.2, -0.15) is 13.2 Å². The third-order valence-corrected chi connectivity index (χ3v) is 12.5. The van der Waals surface area contributed by atoms with Gasteiger partial charge in [-0.1, -0.05) is 51.1 Å². The van der Waals surface area contributed by atoms with Gasteiger partial charge in [-0.15, -0.1) is 11.3 Å². The molecule has 4 aromatic rings. The summed E-state index contributed by atoms with van der Waals surface area (Å²) in [7, 11) is 0. The molecule has 2 fully saturated rings. The van der Waals surface area contributed by atoms with Crippen molar-refractivity contribution in [2.45, 2.75) is 90.8 Å². The van der Waals surface area contributed by atoms with Crippen LogP contribution in [0.5, 0.6) is 0 Å². The summed E-state index contributed by atoms with van der Waals surface area (Å²) in [5, 5.41) is 18.3. The van der Waals surface area contributed by atoms with E-state index in [1.54, 1.807) is 26.3 Å². The topological polar surface area (TPSA) is 169 Å². The third-order valence-electron chi connectivity index (χ3n) is 11.1. The van der Waals surface area contributed by atoms with Crippen LogP contribution in [-0.4, -0.2) is 86.5 Å². The summed E-state index contributed by atoms with van der Waals surface area (Å²) in [4.78, 5) is 79.0. The summed E-state index contributed by atoms with van der Waals surface area (Å²) in [6.45, 7) is 16.9. The van der Waals surface area contributed by atoms with Gasteiger partial charge in [0.05, 0.1) is 39.9 Å². The number of hydrogen-bond acceptors (Lipinski definition) is 9. The fourth-order valence-corrected chi connectivity index (χ4v) is 9.00. The Labute approximate surface area is 381 Å². The summed E-state index contributed by atoms with van der Waals surface area (Å²) in [5.74, 6) is -4.31. The number of hydrogen-bond donors (Lipinski definition) is 4. The Bertz CT molecular complexity index is 2590. The Kier molecular flexibility index (Phi) is 13.8. The second-order valence-electron chi connectivity index (χ2n) is 17.2. The first kappa shape index (κ1) is 48.2. The van der Waals surface area contributed by atoms with E-state index in [0.29, 0.717) is 6.07 Å². The number of thiazole rings is 1. The van der Waals surface area contributed by atoms with Gasteiger partial charge in [-0.3, -0.25) is 28.9 Å². The zero-order valence-electron chi connectivity index (χ0n) is 36.2. The van der Waals surface area contributed by atoms with E-state index < -0.39 is 87.5 Å². The lowest BCUT2D eigenvalue weighted by Gasteiger charge is -2.35. The average Bonchev–Trinajstić information content (AvgIpc) is 3.90. The highest BCUT2D eigenvalue weighted by molar-refractivity contribution is 7.81. The number of aliphatic hydroxyl groups excluding tert-OH is 1. The minimum atomic E-state index is -4.89. The lowest BCUT2D eigenvalue weighted by molar-refractivity contribution is -0.144. The van der Waals surface area contributed by atoms with Crippen molar-refractivity contribution in [3.63, 3.8) is 0 Å². The molecule has 3 atom stereocenters. The average molecular weight is 935 g/mol. The number of nitrogens with one attached hydrogen (secondary N) is 3.